The first kappa shape index (κ1) is 15.2. The molecule has 23 heavy (non-hydrogen) atoms. The number of likely N-dealkylation sites (tertiary alicyclic amines) is 1. The van der Waals surface area contributed by atoms with Crippen LogP contribution in [0.2, 0.25) is 0 Å². The molecule has 1 aromatic rings. The third kappa shape index (κ3) is 3.17. The second-order valence-electron chi connectivity index (χ2n) is 6.70. The van der Waals surface area contributed by atoms with Gasteiger partial charge in [0.15, 0.2) is 9.84 Å². The van der Waals surface area contributed by atoms with Crippen molar-refractivity contribution >= 4 is 9.84 Å². The van der Waals surface area contributed by atoms with Crippen LogP contribution in [0.15, 0.2) is 17.0 Å². The number of hydrogen-bond donors (Lipinski definition) is 0. The predicted molar refractivity (Wildman–Crippen MR) is 84.7 cm³/mol. The highest BCUT2D eigenvalue weighted by Crippen LogP contribution is 2.47. The molecule has 3 aliphatic rings. The Morgan fingerprint density at radius 2 is 2.00 bits per heavy atom. The summed E-state index contributed by atoms with van der Waals surface area (Å²) in [6, 6.07) is 3.21. The van der Waals surface area contributed by atoms with Crippen molar-refractivity contribution in [1.29, 1.82) is 0 Å². The fourth-order valence-electron chi connectivity index (χ4n) is 3.26. The number of hydrogen-bond acceptors (Lipinski definition) is 6. The molecule has 1 saturated heterocycles. The average Bonchev–Trinajstić information content (AvgIpc) is 3.11. The van der Waals surface area contributed by atoms with E-state index < -0.39 is 9.84 Å². The van der Waals surface area contributed by atoms with E-state index in [0.29, 0.717) is 18.9 Å². The lowest BCUT2D eigenvalue weighted by Crippen LogP contribution is -2.25. The zero-order valence-electron chi connectivity index (χ0n) is 13.2. The molecule has 1 saturated carbocycles. The van der Waals surface area contributed by atoms with Gasteiger partial charge in [0.25, 0.3) is 0 Å². The van der Waals surface area contributed by atoms with Crippen LogP contribution >= 0.6 is 0 Å². The van der Waals surface area contributed by atoms with Gasteiger partial charge < -0.3 is 9.47 Å². The third-order valence-corrected chi connectivity index (χ3v) is 6.66. The first-order valence-corrected chi connectivity index (χ1v) is 10.00. The van der Waals surface area contributed by atoms with Gasteiger partial charge in [0.1, 0.15) is 17.1 Å². The normalized spacial score (nSPS) is 24.7. The summed E-state index contributed by atoms with van der Waals surface area (Å²) in [4.78, 5) is 6.89. The Hall–Kier alpha value is -1.34. The molecule has 0 radical (unpaired) electrons. The molecule has 6 nitrogen and oxygen atoms in total. The molecule has 0 aromatic carbocycles. The van der Waals surface area contributed by atoms with Crippen molar-refractivity contribution < 1.29 is 17.9 Å². The van der Waals surface area contributed by atoms with Crippen molar-refractivity contribution in [2.24, 2.45) is 0 Å². The fourth-order valence-corrected chi connectivity index (χ4v) is 4.75. The monoisotopic (exact) mass is 338 g/mol. The maximum absolute atomic E-state index is 12.3. The highest BCUT2D eigenvalue weighted by atomic mass is 32.2. The summed E-state index contributed by atoms with van der Waals surface area (Å²) in [6.45, 7) is 3.70. The zero-order chi connectivity index (χ0) is 15.9. The van der Waals surface area contributed by atoms with Crippen LogP contribution in [0.3, 0.4) is 0 Å². The fraction of sp³-hybridized carbons (Fsp3) is 0.688. The minimum Gasteiger partial charge on any atom is -0.476 e. The standard InChI is InChI=1S/C16H22N2O4S/c19-23(20)12-7-16(5-6-16)22-15-13(23)3-4-14(17-15)21-11-10-18-8-1-2-9-18/h3-4H,1-2,5-12H2. The van der Waals surface area contributed by atoms with Crippen molar-refractivity contribution in [3.63, 3.8) is 0 Å². The molecule has 1 aromatic heterocycles. The van der Waals surface area contributed by atoms with Crippen molar-refractivity contribution in [2.45, 2.75) is 42.6 Å². The second-order valence-corrected chi connectivity index (χ2v) is 8.78. The van der Waals surface area contributed by atoms with Crippen LogP contribution in [-0.2, 0) is 9.84 Å². The van der Waals surface area contributed by atoms with Crippen LogP contribution < -0.4 is 9.47 Å². The van der Waals surface area contributed by atoms with E-state index in [1.54, 1.807) is 12.1 Å². The highest BCUT2D eigenvalue weighted by Gasteiger charge is 2.49. The highest BCUT2D eigenvalue weighted by molar-refractivity contribution is 7.91. The molecule has 0 amide bonds. The van der Waals surface area contributed by atoms with Crippen molar-refractivity contribution in [3.8, 4) is 11.8 Å². The topological polar surface area (TPSA) is 68.7 Å². The number of pyridine rings is 1. The van der Waals surface area contributed by atoms with Crippen LogP contribution in [0, 0.1) is 0 Å². The smallest absolute Gasteiger partial charge is 0.236 e. The minimum atomic E-state index is -3.31. The summed E-state index contributed by atoms with van der Waals surface area (Å²) in [5.41, 5.74) is -0.306. The molecular weight excluding hydrogens is 316 g/mol. The number of fused-ring (bicyclic) bond motifs is 1. The largest absolute Gasteiger partial charge is 0.476 e. The Morgan fingerprint density at radius 3 is 2.74 bits per heavy atom. The van der Waals surface area contributed by atoms with E-state index in [9.17, 15) is 8.42 Å². The molecule has 7 heteroatoms. The van der Waals surface area contributed by atoms with Crippen LogP contribution in [0.4, 0.5) is 0 Å². The number of aromatic nitrogens is 1. The number of rotatable bonds is 4. The number of nitrogens with zero attached hydrogens (tertiary/aromatic N) is 2. The number of ether oxygens (including phenoxy) is 2. The molecule has 0 N–H and O–H groups in total. The van der Waals surface area contributed by atoms with E-state index >= 15 is 0 Å². The maximum atomic E-state index is 12.3. The SMILES string of the molecule is O=S1(=O)CCC2(CC2)Oc2nc(OCCN3CCCC3)ccc21. The van der Waals surface area contributed by atoms with Crippen molar-refractivity contribution in [3.05, 3.63) is 12.1 Å². The lowest BCUT2D eigenvalue weighted by Gasteiger charge is -2.16. The van der Waals surface area contributed by atoms with E-state index in [-0.39, 0.29) is 22.1 Å². The Balaban J connectivity index is 1.49. The van der Waals surface area contributed by atoms with Crippen molar-refractivity contribution in [2.75, 3.05) is 32.0 Å². The number of sulfone groups is 1. The summed E-state index contributed by atoms with van der Waals surface area (Å²) in [5, 5.41) is 0. The van der Waals surface area contributed by atoms with E-state index in [2.05, 4.69) is 9.88 Å². The Kier molecular flexibility index (Phi) is 3.72. The maximum Gasteiger partial charge on any atom is 0.236 e. The Labute approximate surface area is 136 Å². The molecule has 0 bridgehead atoms. The molecule has 3 heterocycles. The summed E-state index contributed by atoms with van der Waals surface area (Å²) < 4.78 is 36.3. The van der Waals surface area contributed by atoms with E-state index in [4.69, 9.17) is 9.47 Å². The van der Waals surface area contributed by atoms with E-state index in [1.165, 1.54) is 12.8 Å². The molecular formula is C16H22N2O4S. The first-order valence-electron chi connectivity index (χ1n) is 8.34. The summed E-state index contributed by atoms with van der Waals surface area (Å²) in [5.74, 6) is 0.797. The molecule has 1 spiro atoms. The second kappa shape index (κ2) is 5.63. The van der Waals surface area contributed by atoms with Crippen LogP contribution in [0.1, 0.15) is 32.1 Å². The first-order chi connectivity index (χ1) is 11.1. The van der Waals surface area contributed by atoms with E-state index in [0.717, 1.165) is 32.5 Å². The van der Waals surface area contributed by atoms with Crippen molar-refractivity contribution in [1.82, 2.24) is 9.88 Å². The van der Waals surface area contributed by atoms with Gasteiger partial charge in [0.2, 0.25) is 11.8 Å². The lowest BCUT2D eigenvalue weighted by molar-refractivity contribution is 0.161. The van der Waals surface area contributed by atoms with Crippen LogP contribution in [0.5, 0.6) is 11.8 Å². The molecule has 0 atom stereocenters. The quantitative estimate of drug-likeness (QED) is 0.831. The van der Waals surface area contributed by atoms with Crippen LogP contribution in [-0.4, -0.2) is 55.9 Å². The van der Waals surface area contributed by atoms with Gasteiger partial charge in [-0.05, 0) is 44.8 Å². The Morgan fingerprint density at radius 1 is 1.22 bits per heavy atom. The van der Waals surface area contributed by atoms with Gasteiger partial charge in [-0.1, -0.05) is 0 Å². The molecule has 0 unspecified atom stereocenters. The van der Waals surface area contributed by atoms with Gasteiger partial charge in [0, 0.05) is 19.0 Å². The molecule has 4 rings (SSSR count). The van der Waals surface area contributed by atoms with Gasteiger partial charge in [-0.3, -0.25) is 4.90 Å². The average molecular weight is 338 g/mol. The Bertz CT molecular complexity index is 694. The molecule has 1 aliphatic carbocycles. The zero-order valence-corrected chi connectivity index (χ0v) is 14.0. The van der Waals surface area contributed by atoms with Gasteiger partial charge in [0.05, 0.1) is 5.75 Å². The van der Waals surface area contributed by atoms with Gasteiger partial charge in [-0.25, -0.2) is 8.42 Å². The lowest BCUT2D eigenvalue weighted by atomic mass is 10.2. The molecule has 2 aliphatic heterocycles. The van der Waals surface area contributed by atoms with E-state index in [1.807, 2.05) is 0 Å². The summed E-state index contributed by atoms with van der Waals surface area (Å²) >= 11 is 0. The van der Waals surface area contributed by atoms with Gasteiger partial charge in [-0.15, -0.1) is 0 Å². The minimum absolute atomic E-state index is 0.136. The third-order valence-electron chi connectivity index (χ3n) is 4.94. The predicted octanol–water partition coefficient (Wildman–Crippen LogP) is 1.64. The summed E-state index contributed by atoms with van der Waals surface area (Å²) in [6.07, 6.45) is 4.87. The van der Waals surface area contributed by atoms with Gasteiger partial charge in [-0.2, -0.15) is 4.98 Å². The van der Waals surface area contributed by atoms with Crippen LogP contribution in [0.25, 0.3) is 0 Å². The van der Waals surface area contributed by atoms with Gasteiger partial charge >= 0.3 is 0 Å². The molecule has 126 valence electrons. The summed E-state index contributed by atoms with van der Waals surface area (Å²) in [7, 11) is -3.31. The molecule has 2 fully saturated rings.